The van der Waals surface area contributed by atoms with Crippen molar-refractivity contribution in [2.24, 2.45) is 0 Å². The van der Waals surface area contributed by atoms with Gasteiger partial charge in [0.1, 0.15) is 5.82 Å². The first kappa shape index (κ1) is 24.8. The molecule has 0 bridgehead atoms. The molecule has 1 fully saturated rings. The summed E-state index contributed by atoms with van der Waals surface area (Å²) in [6.45, 7) is 1.01. The van der Waals surface area contributed by atoms with Crippen LogP contribution in [-0.4, -0.2) is 48.3 Å². The molecule has 3 aromatic rings. The number of Topliss-reactive ketones (excluding diaryl/α,β-unsaturated/α-hetero) is 1. The third-order valence-corrected chi connectivity index (χ3v) is 9.42. The van der Waals surface area contributed by atoms with Crippen LogP contribution in [0.5, 0.6) is 0 Å². The van der Waals surface area contributed by atoms with Gasteiger partial charge >= 0.3 is 0 Å². The number of nitrogens with zero attached hydrogens (tertiary/aromatic N) is 3. The number of carbonyl (C=O) groups is 1. The Balaban J connectivity index is 1.34. The molecule has 34 heavy (non-hydrogen) atoms. The Morgan fingerprint density at radius 1 is 1.06 bits per heavy atom. The van der Waals surface area contributed by atoms with Crippen LogP contribution in [0.2, 0.25) is 0 Å². The van der Waals surface area contributed by atoms with Crippen molar-refractivity contribution in [3.63, 3.8) is 0 Å². The lowest BCUT2D eigenvalue weighted by Crippen LogP contribution is -2.32. The Morgan fingerprint density at radius 2 is 1.79 bits per heavy atom. The van der Waals surface area contributed by atoms with Crippen LogP contribution < -0.4 is 5.32 Å². The standard InChI is InChI=1S/C23H25FN4O3S3/c24-19-10-8-17(9-11-19)16-32-23-27-26-22(33-23)25-15-21(29)18-6-5-7-20(14-18)34(30,31)28-12-3-1-2-4-13-28/h5-11,14H,1-4,12-13,15-16H2,(H,25,26). The van der Waals surface area contributed by atoms with Crippen LogP contribution in [0.1, 0.15) is 41.6 Å². The minimum atomic E-state index is -3.62. The van der Waals surface area contributed by atoms with E-state index in [1.807, 2.05) is 0 Å². The van der Waals surface area contributed by atoms with Gasteiger partial charge in [0.2, 0.25) is 15.2 Å². The summed E-state index contributed by atoms with van der Waals surface area (Å²) in [7, 11) is -3.62. The van der Waals surface area contributed by atoms with Gasteiger partial charge in [-0.2, -0.15) is 4.31 Å². The quantitative estimate of drug-likeness (QED) is 0.319. The maximum absolute atomic E-state index is 13.0. The molecule has 0 spiro atoms. The predicted octanol–water partition coefficient (Wildman–Crippen LogP) is 4.83. The number of halogens is 1. The van der Waals surface area contributed by atoms with E-state index in [0.29, 0.717) is 29.5 Å². The number of nitrogens with one attached hydrogen (secondary N) is 1. The zero-order chi connectivity index (χ0) is 24.0. The third-order valence-electron chi connectivity index (χ3n) is 5.44. The molecule has 2 heterocycles. The summed E-state index contributed by atoms with van der Waals surface area (Å²) in [6, 6.07) is 12.5. The van der Waals surface area contributed by atoms with Crippen molar-refractivity contribution in [2.45, 2.75) is 40.7 Å². The SMILES string of the molecule is O=C(CNc1nnc(SCc2ccc(F)cc2)s1)c1cccc(S(=O)(=O)N2CCCCCC2)c1. The number of rotatable bonds is 9. The van der Waals surface area contributed by atoms with Gasteiger partial charge in [0.05, 0.1) is 11.4 Å². The van der Waals surface area contributed by atoms with Crippen LogP contribution >= 0.6 is 23.1 Å². The molecule has 0 amide bonds. The van der Waals surface area contributed by atoms with E-state index in [4.69, 9.17) is 0 Å². The molecule has 0 atom stereocenters. The molecule has 1 N–H and O–H groups in total. The van der Waals surface area contributed by atoms with Crippen LogP contribution in [-0.2, 0) is 15.8 Å². The minimum Gasteiger partial charge on any atom is -0.353 e. The van der Waals surface area contributed by atoms with Crippen molar-refractivity contribution in [1.29, 1.82) is 0 Å². The maximum Gasteiger partial charge on any atom is 0.243 e. The highest BCUT2D eigenvalue weighted by atomic mass is 32.2. The maximum atomic E-state index is 13.0. The molecule has 11 heteroatoms. The molecule has 1 aliphatic heterocycles. The molecule has 4 rings (SSSR count). The second-order valence-electron chi connectivity index (χ2n) is 7.91. The van der Waals surface area contributed by atoms with Crippen molar-refractivity contribution >= 4 is 44.0 Å². The predicted molar refractivity (Wildman–Crippen MR) is 132 cm³/mol. The Hall–Kier alpha value is -2.34. The van der Waals surface area contributed by atoms with E-state index in [2.05, 4.69) is 15.5 Å². The lowest BCUT2D eigenvalue weighted by Gasteiger charge is -2.20. The van der Waals surface area contributed by atoms with Crippen LogP contribution in [0.3, 0.4) is 0 Å². The number of carbonyl (C=O) groups excluding carboxylic acids is 1. The van der Waals surface area contributed by atoms with Crippen LogP contribution in [0.15, 0.2) is 57.8 Å². The van der Waals surface area contributed by atoms with Gasteiger partial charge in [-0.25, -0.2) is 12.8 Å². The first-order chi connectivity index (χ1) is 16.4. The average Bonchev–Trinajstić information content (AvgIpc) is 3.12. The zero-order valence-corrected chi connectivity index (χ0v) is 20.9. The number of ketones is 1. The zero-order valence-electron chi connectivity index (χ0n) is 18.4. The molecule has 1 aliphatic rings. The normalized spacial score (nSPS) is 15.1. The largest absolute Gasteiger partial charge is 0.353 e. The Kier molecular flexibility index (Phi) is 8.30. The van der Waals surface area contributed by atoms with E-state index in [-0.39, 0.29) is 23.0 Å². The third kappa shape index (κ3) is 6.41. The van der Waals surface area contributed by atoms with E-state index in [9.17, 15) is 17.6 Å². The van der Waals surface area contributed by atoms with Crippen LogP contribution in [0.25, 0.3) is 0 Å². The first-order valence-corrected chi connectivity index (χ1v) is 14.2. The average molecular weight is 521 g/mol. The Bertz CT molecular complexity index is 1220. The number of benzene rings is 2. The molecular weight excluding hydrogens is 495 g/mol. The first-order valence-electron chi connectivity index (χ1n) is 11.0. The second-order valence-corrected chi connectivity index (χ2v) is 12.0. The van der Waals surface area contributed by atoms with E-state index >= 15 is 0 Å². The molecule has 2 aromatic carbocycles. The van der Waals surface area contributed by atoms with Crippen LogP contribution in [0, 0.1) is 5.82 Å². The Labute approximate surface area is 206 Å². The fourth-order valence-corrected chi connectivity index (χ4v) is 6.85. The van der Waals surface area contributed by atoms with E-state index in [1.54, 1.807) is 30.3 Å². The topological polar surface area (TPSA) is 92.3 Å². The van der Waals surface area contributed by atoms with Gasteiger partial charge in [0.25, 0.3) is 0 Å². The number of hydrogen-bond donors (Lipinski definition) is 1. The van der Waals surface area contributed by atoms with Crippen molar-refractivity contribution < 1.29 is 17.6 Å². The van der Waals surface area contributed by atoms with E-state index < -0.39 is 10.0 Å². The number of hydrogen-bond acceptors (Lipinski definition) is 8. The van der Waals surface area contributed by atoms with Gasteiger partial charge < -0.3 is 5.32 Å². The van der Waals surface area contributed by atoms with E-state index in [0.717, 1.165) is 35.6 Å². The van der Waals surface area contributed by atoms with Crippen molar-refractivity contribution in [3.8, 4) is 0 Å². The van der Waals surface area contributed by atoms with Crippen molar-refractivity contribution in [2.75, 3.05) is 25.0 Å². The summed E-state index contributed by atoms with van der Waals surface area (Å²) in [4.78, 5) is 12.9. The molecular formula is C23H25FN4O3S3. The smallest absolute Gasteiger partial charge is 0.243 e. The van der Waals surface area contributed by atoms with E-state index in [1.165, 1.54) is 45.6 Å². The molecule has 0 aliphatic carbocycles. The van der Waals surface area contributed by atoms with Gasteiger partial charge in [-0.05, 0) is 42.7 Å². The Morgan fingerprint density at radius 3 is 2.53 bits per heavy atom. The molecule has 0 saturated carbocycles. The summed E-state index contributed by atoms with van der Waals surface area (Å²) < 4.78 is 41.3. The summed E-state index contributed by atoms with van der Waals surface area (Å²) in [5, 5.41) is 11.6. The summed E-state index contributed by atoms with van der Waals surface area (Å²) >= 11 is 2.80. The highest BCUT2D eigenvalue weighted by molar-refractivity contribution is 8.00. The van der Waals surface area contributed by atoms with Crippen molar-refractivity contribution in [3.05, 3.63) is 65.5 Å². The summed E-state index contributed by atoms with van der Waals surface area (Å²) in [6.07, 6.45) is 3.78. The summed E-state index contributed by atoms with van der Waals surface area (Å²) in [5.41, 5.74) is 1.31. The van der Waals surface area contributed by atoms with Gasteiger partial charge in [-0.15, -0.1) is 10.2 Å². The highest BCUT2D eigenvalue weighted by Gasteiger charge is 2.25. The lowest BCUT2D eigenvalue weighted by atomic mass is 10.1. The summed E-state index contributed by atoms with van der Waals surface area (Å²) in [5.74, 6) is 0.126. The van der Waals surface area contributed by atoms with Crippen molar-refractivity contribution in [1.82, 2.24) is 14.5 Å². The molecule has 0 radical (unpaired) electrons. The molecule has 1 saturated heterocycles. The monoisotopic (exact) mass is 520 g/mol. The van der Waals surface area contributed by atoms with Gasteiger partial charge in [0, 0.05) is 24.4 Å². The van der Waals surface area contributed by atoms with Gasteiger partial charge in [0.15, 0.2) is 10.1 Å². The highest BCUT2D eigenvalue weighted by Crippen LogP contribution is 2.28. The fourth-order valence-electron chi connectivity index (χ4n) is 3.58. The van der Waals surface area contributed by atoms with Gasteiger partial charge in [-0.3, -0.25) is 4.79 Å². The number of thioether (sulfide) groups is 1. The molecule has 7 nitrogen and oxygen atoms in total. The molecule has 0 unspecified atom stereocenters. The lowest BCUT2D eigenvalue weighted by molar-refractivity contribution is 0.101. The molecule has 1 aromatic heterocycles. The fraction of sp³-hybridized carbons (Fsp3) is 0.348. The van der Waals surface area contributed by atoms with Gasteiger partial charge in [-0.1, -0.05) is 60.2 Å². The number of anilines is 1. The second kappa shape index (κ2) is 11.4. The minimum absolute atomic E-state index is 0.0233. The molecule has 180 valence electrons. The number of sulfonamides is 1. The number of aromatic nitrogens is 2. The van der Waals surface area contributed by atoms with Crippen LogP contribution in [0.4, 0.5) is 9.52 Å².